The number of para-hydroxylation sites is 1. The highest BCUT2D eigenvalue weighted by Crippen LogP contribution is 2.37. The van der Waals surface area contributed by atoms with Crippen LogP contribution in [0, 0.1) is 6.92 Å². The molecule has 0 N–H and O–H groups in total. The van der Waals surface area contributed by atoms with E-state index in [9.17, 15) is 9.59 Å². The molecule has 170 valence electrons. The molecule has 0 bridgehead atoms. The van der Waals surface area contributed by atoms with Crippen LogP contribution >= 0.6 is 11.8 Å². The molecule has 1 unspecified atom stereocenters. The Balaban J connectivity index is 1.56. The summed E-state index contributed by atoms with van der Waals surface area (Å²) >= 11 is 1.50. The third-order valence-corrected chi connectivity index (χ3v) is 6.81. The molecule has 1 atom stereocenters. The average molecular weight is 455 g/mol. The number of carbonyl (C=O) groups excluding carboxylic acids is 1. The number of hydrogen-bond acceptors (Lipinski definition) is 6. The molecule has 0 aliphatic heterocycles. The van der Waals surface area contributed by atoms with Crippen LogP contribution in [0.2, 0.25) is 0 Å². The van der Waals surface area contributed by atoms with Crippen LogP contribution in [0.5, 0.6) is 5.75 Å². The highest BCUT2D eigenvalue weighted by Gasteiger charge is 2.34. The largest absolute Gasteiger partial charge is 0.494 e. The number of thioether (sulfide) groups is 1. The van der Waals surface area contributed by atoms with Crippen molar-refractivity contribution in [3.63, 3.8) is 0 Å². The third kappa shape index (κ3) is 5.51. The van der Waals surface area contributed by atoms with Gasteiger partial charge in [-0.05, 0) is 70.0 Å². The third-order valence-electron chi connectivity index (χ3n) is 5.40. The van der Waals surface area contributed by atoms with Crippen LogP contribution in [0.15, 0.2) is 58.2 Å². The molecule has 0 aliphatic carbocycles. The molecule has 3 aromatic rings. The van der Waals surface area contributed by atoms with Crippen LogP contribution in [0.1, 0.15) is 39.4 Å². The topological polar surface area (TPSA) is 70.4 Å². The van der Waals surface area contributed by atoms with Crippen molar-refractivity contribution in [2.45, 2.75) is 56.7 Å². The lowest BCUT2D eigenvalue weighted by Crippen LogP contribution is -2.32. The van der Waals surface area contributed by atoms with Gasteiger partial charge in [0.25, 0.3) is 5.56 Å². The lowest BCUT2D eigenvalue weighted by atomic mass is 10.1. The van der Waals surface area contributed by atoms with Crippen molar-refractivity contribution in [2.24, 2.45) is 0 Å². The van der Waals surface area contributed by atoms with Crippen LogP contribution in [-0.4, -0.2) is 33.5 Å². The van der Waals surface area contributed by atoms with E-state index in [1.54, 1.807) is 4.57 Å². The van der Waals surface area contributed by atoms with Gasteiger partial charge in [-0.25, -0.2) is 4.98 Å². The van der Waals surface area contributed by atoms with E-state index in [4.69, 9.17) is 9.47 Å². The Morgan fingerprint density at radius 1 is 1.12 bits per heavy atom. The van der Waals surface area contributed by atoms with Crippen LogP contribution in [0.4, 0.5) is 0 Å². The summed E-state index contributed by atoms with van der Waals surface area (Å²) in [7, 11) is 0. The van der Waals surface area contributed by atoms with Gasteiger partial charge in [0.05, 0.1) is 24.1 Å². The Morgan fingerprint density at radius 3 is 2.53 bits per heavy atom. The normalized spacial score (nSPS) is 13.0. The number of hydrogen-bond donors (Lipinski definition) is 0. The van der Waals surface area contributed by atoms with E-state index in [0.29, 0.717) is 43.8 Å². The van der Waals surface area contributed by atoms with Crippen LogP contribution in [0.25, 0.3) is 10.9 Å². The van der Waals surface area contributed by atoms with Gasteiger partial charge >= 0.3 is 5.97 Å². The van der Waals surface area contributed by atoms with Gasteiger partial charge in [0.1, 0.15) is 16.3 Å². The zero-order valence-corrected chi connectivity index (χ0v) is 19.9. The van der Waals surface area contributed by atoms with Gasteiger partial charge in [-0.1, -0.05) is 19.1 Å². The quantitative estimate of drug-likeness (QED) is 0.244. The van der Waals surface area contributed by atoms with Crippen molar-refractivity contribution in [3.05, 3.63) is 64.7 Å². The molecule has 2 aromatic carbocycles. The number of ether oxygens (including phenoxy) is 2. The number of rotatable bonds is 10. The van der Waals surface area contributed by atoms with Gasteiger partial charge in [-0.15, -0.1) is 11.8 Å². The molecule has 0 aliphatic rings. The van der Waals surface area contributed by atoms with Gasteiger partial charge in [0, 0.05) is 11.4 Å². The van der Waals surface area contributed by atoms with E-state index in [-0.39, 0.29) is 11.5 Å². The Hall–Kier alpha value is -2.80. The number of benzene rings is 2. The van der Waals surface area contributed by atoms with Crippen molar-refractivity contribution in [1.29, 1.82) is 0 Å². The molecule has 1 aromatic heterocycles. The zero-order valence-electron chi connectivity index (χ0n) is 19.1. The molecule has 0 radical (unpaired) electrons. The van der Waals surface area contributed by atoms with Crippen molar-refractivity contribution in [2.75, 3.05) is 13.2 Å². The molecule has 0 fully saturated rings. The summed E-state index contributed by atoms with van der Waals surface area (Å²) in [5.41, 5.74) is 0.706. The monoisotopic (exact) mass is 454 g/mol. The molecular formula is C25H30N2O4S. The maximum absolute atomic E-state index is 12.7. The summed E-state index contributed by atoms with van der Waals surface area (Å²) in [4.78, 5) is 30.5. The van der Waals surface area contributed by atoms with E-state index in [1.807, 2.05) is 76.2 Å². The van der Waals surface area contributed by atoms with Gasteiger partial charge in [0.15, 0.2) is 0 Å². The minimum absolute atomic E-state index is 0.0185. The first-order valence-corrected chi connectivity index (χ1v) is 11.7. The standard InChI is InChI=1S/C25H30N2O4S/c1-5-25(4,24(29)30-6-2)32-20-14-12-19(13-15-20)31-17-9-16-27-18(3)26-22-11-8-7-10-21(22)23(27)28/h7-8,10-15H,5-6,9,16-17H2,1-4H3. The van der Waals surface area contributed by atoms with Crippen molar-refractivity contribution in [3.8, 4) is 5.75 Å². The second-order valence-electron chi connectivity index (χ2n) is 7.71. The van der Waals surface area contributed by atoms with Gasteiger partial charge in [-0.3, -0.25) is 14.2 Å². The molecular weight excluding hydrogens is 424 g/mol. The van der Waals surface area contributed by atoms with Crippen LogP contribution < -0.4 is 10.3 Å². The number of carbonyl (C=O) groups is 1. The first-order valence-electron chi connectivity index (χ1n) is 10.9. The molecule has 7 heteroatoms. The molecule has 6 nitrogen and oxygen atoms in total. The predicted molar refractivity (Wildman–Crippen MR) is 128 cm³/mol. The molecule has 0 amide bonds. The summed E-state index contributed by atoms with van der Waals surface area (Å²) in [6, 6.07) is 15.1. The van der Waals surface area contributed by atoms with E-state index < -0.39 is 4.75 Å². The van der Waals surface area contributed by atoms with E-state index in [1.165, 1.54) is 11.8 Å². The number of aryl methyl sites for hydroxylation is 1. The van der Waals surface area contributed by atoms with Crippen LogP contribution in [0.3, 0.4) is 0 Å². The van der Waals surface area contributed by atoms with Gasteiger partial charge in [0.2, 0.25) is 0 Å². The fourth-order valence-electron chi connectivity index (χ4n) is 3.36. The molecule has 0 saturated carbocycles. The minimum Gasteiger partial charge on any atom is -0.494 e. The molecule has 32 heavy (non-hydrogen) atoms. The highest BCUT2D eigenvalue weighted by molar-refractivity contribution is 8.01. The molecule has 0 spiro atoms. The van der Waals surface area contributed by atoms with Gasteiger partial charge in [-0.2, -0.15) is 0 Å². The minimum atomic E-state index is -0.614. The van der Waals surface area contributed by atoms with Crippen molar-refractivity contribution in [1.82, 2.24) is 9.55 Å². The Kier molecular flexibility index (Phi) is 7.96. The number of aromatic nitrogens is 2. The van der Waals surface area contributed by atoms with E-state index >= 15 is 0 Å². The second-order valence-corrected chi connectivity index (χ2v) is 9.29. The number of esters is 1. The maximum Gasteiger partial charge on any atom is 0.322 e. The smallest absolute Gasteiger partial charge is 0.322 e. The summed E-state index contributed by atoms with van der Waals surface area (Å²) in [6.45, 7) is 8.98. The highest BCUT2D eigenvalue weighted by atomic mass is 32.2. The van der Waals surface area contributed by atoms with E-state index in [2.05, 4.69) is 4.98 Å². The van der Waals surface area contributed by atoms with E-state index in [0.717, 1.165) is 16.2 Å². The summed E-state index contributed by atoms with van der Waals surface area (Å²) < 4.78 is 12.2. The SMILES string of the molecule is CCOC(=O)C(C)(CC)Sc1ccc(OCCCn2c(C)nc3ccccc3c2=O)cc1. The fourth-order valence-corrected chi connectivity index (χ4v) is 4.44. The second kappa shape index (κ2) is 10.7. The lowest BCUT2D eigenvalue weighted by molar-refractivity contribution is -0.145. The summed E-state index contributed by atoms with van der Waals surface area (Å²) in [5.74, 6) is 1.27. The first-order chi connectivity index (χ1) is 15.4. The van der Waals surface area contributed by atoms with Crippen molar-refractivity contribution < 1.29 is 14.3 Å². The number of nitrogens with zero attached hydrogens (tertiary/aromatic N) is 2. The number of fused-ring (bicyclic) bond motifs is 1. The average Bonchev–Trinajstić information content (AvgIpc) is 2.79. The summed E-state index contributed by atoms with van der Waals surface area (Å²) in [6.07, 6.45) is 1.37. The van der Waals surface area contributed by atoms with Gasteiger partial charge < -0.3 is 9.47 Å². The molecule has 1 heterocycles. The first kappa shape index (κ1) is 23.9. The maximum atomic E-state index is 12.7. The molecule has 3 rings (SSSR count). The predicted octanol–water partition coefficient (Wildman–Crippen LogP) is 5.00. The van der Waals surface area contributed by atoms with Crippen LogP contribution in [-0.2, 0) is 16.1 Å². The Morgan fingerprint density at radius 2 is 1.84 bits per heavy atom. The van der Waals surface area contributed by atoms with Crippen molar-refractivity contribution >= 4 is 28.6 Å². The summed E-state index contributed by atoms with van der Waals surface area (Å²) in [5, 5.41) is 0.633. The fraction of sp³-hybridized carbons (Fsp3) is 0.400. The zero-order chi connectivity index (χ0) is 23.1. The Bertz CT molecular complexity index is 1130. The molecule has 0 saturated heterocycles. The lowest BCUT2D eigenvalue weighted by Gasteiger charge is -2.25. The Labute approximate surface area is 193 Å².